The van der Waals surface area contributed by atoms with Crippen molar-refractivity contribution < 1.29 is 9.13 Å². The highest BCUT2D eigenvalue weighted by atomic mass is 79.9. The lowest BCUT2D eigenvalue weighted by atomic mass is 10.0. The molecular formula is C15H10BrCl2FO. The van der Waals surface area contributed by atoms with Gasteiger partial charge in [0.1, 0.15) is 11.6 Å². The number of hydrogen-bond donors (Lipinski definition) is 0. The van der Waals surface area contributed by atoms with Crippen LogP contribution < -0.4 is 4.74 Å². The molecule has 1 unspecified atom stereocenters. The topological polar surface area (TPSA) is 9.23 Å². The van der Waals surface area contributed by atoms with Gasteiger partial charge >= 0.3 is 0 Å². The molecule has 0 radical (unpaired) electrons. The van der Waals surface area contributed by atoms with Gasteiger partial charge in [-0.3, -0.25) is 0 Å². The molecule has 0 saturated heterocycles. The van der Waals surface area contributed by atoms with Gasteiger partial charge in [-0.15, -0.1) is 11.6 Å². The molecular weight excluding hydrogens is 366 g/mol. The van der Waals surface area contributed by atoms with E-state index in [1.165, 1.54) is 12.1 Å². The van der Waals surface area contributed by atoms with Crippen molar-refractivity contribution >= 4 is 39.1 Å². The van der Waals surface area contributed by atoms with Gasteiger partial charge in [0.15, 0.2) is 0 Å². The molecule has 0 saturated carbocycles. The third kappa shape index (κ3) is 2.54. The Hall–Kier alpha value is -0.770. The summed E-state index contributed by atoms with van der Waals surface area (Å²) in [6.07, 6.45) is 0.830. The maximum atomic E-state index is 13.2. The molecule has 0 fully saturated rings. The second kappa shape index (κ2) is 5.55. The van der Waals surface area contributed by atoms with Crippen LogP contribution in [0.4, 0.5) is 4.39 Å². The molecule has 0 bridgehead atoms. The molecule has 0 amide bonds. The molecule has 104 valence electrons. The van der Waals surface area contributed by atoms with Crippen LogP contribution in [0.25, 0.3) is 0 Å². The average molecular weight is 376 g/mol. The number of hydrogen-bond acceptors (Lipinski definition) is 1. The summed E-state index contributed by atoms with van der Waals surface area (Å²) in [5.41, 5.74) is 2.67. The summed E-state index contributed by atoms with van der Waals surface area (Å²) in [6, 6.07) is 8.16. The highest BCUT2D eigenvalue weighted by Crippen LogP contribution is 2.43. The van der Waals surface area contributed by atoms with Crippen molar-refractivity contribution in [3.8, 4) is 5.75 Å². The van der Waals surface area contributed by atoms with Crippen LogP contribution in [0.5, 0.6) is 5.75 Å². The summed E-state index contributed by atoms with van der Waals surface area (Å²) < 4.78 is 19.5. The van der Waals surface area contributed by atoms with Crippen LogP contribution in [0.1, 0.15) is 22.1 Å². The molecule has 0 aliphatic carbocycles. The Morgan fingerprint density at radius 2 is 2.00 bits per heavy atom. The second-order valence-electron chi connectivity index (χ2n) is 4.61. The van der Waals surface area contributed by atoms with Gasteiger partial charge in [0.25, 0.3) is 0 Å². The molecule has 0 aromatic heterocycles. The standard InChI is InChI=1S/C15H10BrCl2FO/c16-13-7-10(19)1-2-11(13)14(18)12-6-9(17)5-8-3-4-20-15(8)12/h1-2,5-7,14H,3-4H2. The molecule has 0 N–H and O–H groups in total. The van der Waals surface area contributed by atoms with Crippen molar-refractivity contribution in [3.05, 3.63) is 62.3 Å². The van der Waals surface area contributed by atoms with Crippen LogP contribution in [0.2, 0.25) is 5.02 Å². The zero-order valence-corrected chi connectivity index (χ0v) is 13.4. The van der Waals surface area contributed by atoms with Crippen molar-refractivity contribution in [2.75, 3.05) is 6.61 Å². The van der Waals surface area contributed by atoms with E-state index in [0.717, 1.165) is 28.9 Å². The average Bonchev–Trinajstić information content (AvgIpc) is 2.85. The summed E-state index contributed by atoms with van der Waals surface area (Å²) in [4.78, 5) is 0. The summed E-state index contributed by atoms with van der Waals surface area (Å²) in [5, 5.41) is 0.184. The van der Waals surface area contributed by atoms with Crippen LogP contribution in [0, 0.1) is 5.82 Å². The predicted octanol–water partition coefficient (Wildman–Crippen LogP) is 5.50. The van der Waals surface area contributed by atoms with Crippen LogP contribution in [-0.4, -0.2) is 6.61 Å². The zero-order valence-electron chi connectivity index (χ0n) is 10.3. The maximum absolute atomic E-state index is 13.2. The van der Waals surface area contributed by atoms with Crippen molar-refractivity contribution in [2.45, 2.75) is 11.8 Å². The first-order valence-electron chi connectivity index (χ1n) is 6.10. The monoisotopic (exact) mass is 374 g/mol. The van der Waals surface area contributed by atoms with Gasteiger partial charge < -0.3 is 4.74 Å². The molecule has 1 heterocycles. The highest BCUT2D eigenvalue weighted by Gasteiger charge is 2.24. The minimum absolute atomic E-state index is 0.308. The molecule has 1 aliphatic heterocycles. The highest BCUT2D eigenvalue weighted by molar-refractivity contribution is 9.10. The van der Waals surface area contributed by atoms with E-state index in [-0.39, 0.29) is 5.82 Å². The number of alkyl halides is 1. The van der Waals surface area contributed by atoms with Gasteiger partial charge in [0.05, 0.1) is 12.0 Å². The molecule has 2 aromatic rings. The molecule has 1 nitrogen and oxygen atoms in total. The Bertz CT molecular complexity index is 675. The van der Waals surface area contributed by atoms with Crippen molar-refractivity contribution in [3.63, 3.8) is 0 Å². The fourth-order valence-electron chi connectivity index (χ4n) is 2.36. The molecule has 1 atom stereocenters. The second-order valence-corrected chi connectivity index (χ2v) is 6.34. The SMILES string of the molecule is Fc1ccc(C(Cl)c2cc(Cl)cc3c2OCC3)c(Br)c1. The summed E-state index contributed by atoms with van der Waals surface area (Å²) in [7, 11) is 0. The Labute approximate surface area is 134 Å². The maximum Gasteiger partial charge on any atom is 0.127 e. The lowest BCUT2D eigenvalue weighted by molar-refractivity contribution is 0.353. The van der Waals surface area contributed by atoms with E-state index in [1.54, 1.807) is 12.1 Å². The molecule has 3 rings (SSSR count). The van der Waals surface area contributed by atoms with E-state index < -0.39 is 5.38 Å². The molecule has 20 heavy (non-hydrogen) atoms. The molecule has 5 heteroatoms. The Morgan fingerprint density at radius 1 is 1.20 bits per heavy atom. The van der Waals surface area contributed by atoms with Gasteiger partial charge in [-0.05, 0) is 35.4 Å². The van der Waals surface area contributed by atoms with Crippen LogP contribution in [-0.2, 0) is 6.42 Å². The van der Waals surface area contributed by atoms with Gasteiger partial charge in [0.2, 0.25) is 0 Å². The van der Waals surface area contributed by atoms with E-state index >= 15 is 0 Å². The van der Waals surface area contributed by atoms with E-state index in [9.17, 15) is 4.39 Å². The van der Waals surface area contributed by atoms with E-state index in [2.05, 4.69) is 15.9 Å². The summed E-state index contributed by atoms with van der Waals surface area (Å²) in [5.74, 6) is 0.489. The van der Waals surface area contributed by atoms with Crippen LogP contribution in [0.3, 0.4) is 0 Å². The number of rotatable bonds is 2. The molecule has 2 aromatic carbocycles. The normalized spacial score (nSPS) is 14.8. The number of benzene rings is 2. The largest absolute Gasteiger partial charge is 0.493 e. The minimum Gasteiger partial charge on any atom is -0.493 e. The van der Waals surface area contributed by atoms with Crippen LogP contribution in [0.15, 0.2) is 34.8 Å². The minimum atomic E-state index is -0.449. The number of ether oxygens (including phenoxy) is 1. The predicted molar refractivity (Wildman–Crippen MR) is 82.4 cm³/mol. The summed E-state index contributed by atoms with van der Waals surface area (Å²) >= 11 is 16.0. The van der Waals surface area contributed by atoms with Gasteiger partial charge in [-0.1, -0.05) is 33.6 Å². The fourth-order valence-corrected chi connectivity index (χ4v) is 3.67. The number of halogens is 4. The lowest BCUT2D eigenvalue weighted by Gasteiger charge is -2.16. The lowest BCUT2D eigenvalue weighted by Crippen LogP contribution is -1.99. The quantitative estimate of drug-likeness (QED) is 0.629. The van der Waals surface area contributed by atoms with Gasteiger partial charge in [0, 0.05) is 21.5 Å². The first kappa shape index (κ1) is 14.2. The molecule has 1 aliphatic rings. The van der Waals surface area contributed by atoms with E-state index in [0.29, 0.717) is 16.1 Å². The Kier molecular flexibility index (Phi) is 3.93. The Balaban J connectivity index is 2.09. The fraction of sp³-hybridized carbons (Fsp3) is 0.200. The van der Waals surface area contributed by atoms with E-state index in [4.69, 9.17) is 27.9 Å². The first-order chi connectivity index (χ1) is 9.56. The third-order valence-corrected chi connectivity index (χ3v) is 4.66. The number of fused-ring (bicyclic) bond motifs is 1. The van der Waals surface area contributed by atoms with Crippen molar-refractivity contribution in [1.82, 2.24) is 0 Å². The van der Waals surface area contributed by atoms with E-state index in [1.807, 2.05) is 6.07 Å². The van der Waals surface area contributed by atoms with Crippen molar-refractivity contribution in [2.24, 2.45) is 0 Å². The van der Waals surface area contributed by atoms with Crippen molar-refractivity contribution in [1.29, 1.82) is 0 Å². The summed E-state index contributed by atoms with van der Waals surface area (Å²) in [6.45, 7) is 0.636. The van der Waals surface area contributed by atoms with Crippen LogP contribution >= 0.6 is 39.1 Å². The smallest absolute Gasteiger partial charge is 0.127 e. The van der Waals surface area contributed by atoms with Gasteiger partial charge in [-0.25, -0.2) is 4.39 Å². The first-order valence-corrected chi connectivity index (χ1v) is 7.71. The zero-order chi connectivity index (χ0) is 14.3. The molecule has 0 spiro atoms. The Morgan fingerprint density at radius 3 is 2.75 bits per heavy atom. The van der Waals surface area contributed by atoms with Gasteiger partial charge in [-0.2, -0.15) is 0 Å². The third-order valence-electron chi connectivity index (χ3n) is 3.29.